The van der Waals surface area contributed by atoms with Crippen molar-refractivity contribution in [3.8, 4) is 0 Å². The number of rotatable bonds is 4. The highest BCUT2D eigenvalue weighted by Gasteiger charge is 2.37. The molecule has 0 aliphatic carbocycles. The molecule has 1 atom stereocenters. The highest BCUT2D eigenvalue weighted by atomic mass is 19.4. The summed E-state index contributed by atoms with van der Waals surface area (Å²) in [4.78, 5) is 30.8. The Morgan fingerprint density at radius 1 is 1.23 bits per heavy atom. The molecule has 0 unspecified atom stereocenters. The molecule has 3 aromatic rings. The zero-order valence-corrected chi connectivity index (χ0v) is 16.2. The Morgan fingerprint density at radius 2 is 2.00 bits per heavy atom. The standard InChI is InChI=1S/C21H16F4N4O2/c1-12-11-28(15-4-5-16(17(22)8-15)21(23,24)25)20(31)19-14(10-27-29(12)19)7-18(30)13-3-2-6-26-9-13/h2-6,8-10,12H,7,11H2,1H3/t12-/m0/s1. The highest BCUT2D eigenvalue weighted by molar-refractivity contribution is 6.08. The fourth-order valence-corrected chi connectivity index (χ4v) is 3.58. The molecule has 0 bridgehead atoms. The summed E-state index contributed by atoms with van der Waals surface area (Å²) in [6, 6.07) is 5.26. The molecule has 3 heterocycles. The van der Waals surface area contributed by atoms with Gasteiger partial charge >= 0.3 is 6.18 Å². The summed E-state index contributed by atoms with van der Waals surface area (Å²) < 4.78 is 54.1. The number of amides is 1. The van der Waals surface area contributed by atoms with Crippen molar-refractivity contribution in [3.63, 3.8) is 0 Å². The molecular formula is C21H16F4N4O2. The summed E-state index contributed by atoms with van der Waals surface area (Å²) in [5, 5.41) is 4.21. The molecule has 1 aliphatic heterocycles. The summed E-state index contributed by atoms with van der Waals surface area (Å²) in [6.07, 6.45) is -0.561. The maximum absolute atomic E-state index is 14.1. The number of hydrogen-bond acceptors (Lipinski definition) is 4. The topological polar surface area (TPSA) is 68.1 Å². The van der Waals surface area contributed by atoms with E-state index >= 15 is 0 Å². The highest BCUT2D eigenvalue weighted by Crippen LogP contribution is 2.35. The number of halogens is 4. The van der Waals surface area contributed by atoms with Crippen LogP contribution in [0.5, 0.6) is 0 Å². The van der Waals surface area contributed by atoms with Gasteiger partial charge in [-0.1, -0.05) is 0 Å². The first-order valence-electron chi connectivity index (χ1n) is 9.35. The van der Waals surface area contributed by atoms with Crippen molar-refractivity contribution in [3.05, 3.63) is 77.1 Å². The number of hydrogen-bond donors (Lipinski definition) is 0. The second-order valence-electron chi connectivity index (χ2n) is 7.23. The minimum atomic E-state index is -4.83. The zero-order valence-electron chi connectivity index (χ0n) is 16.2. The number of nitrogens with zero attached hydrogens (tertiary/aromatic N) is 4. The van der Waals surface area contributed by atoms with E-state index in [0.717, 1.165) is 6.07 Å². The van der Waals surface area contributed by atoms with Crippen molar-refractivity contribution < 1.29 is 27.2 Å². The summed E-state index contributed by atoms with van der Waals surface area (Å²) in [5.41, 5.74) is -0.500. The van der Waals surface area contributed by atoms with Crippen LogP contribution in [0.4, 0.5) is 23.2 Å². The normalized spacial score (nSPS) is 16.4. The van der Waals surface area contributed by atoms with Crippen molar-refractivity contribution in [1.82, 2.24) is 14.8 Å². The van der Waals surface area contributed by atoms with Gasteiger partial charge < -0.3 is 4.90 Å². The molecule has 0 saturated carbocycles. The van der Waals surface area contributed by atoms with Gasteiger partial charge in [0, 0.05) is 42.2 Å². The maximum Gasteiger partial charge on any atom is 0.419 e. The molecule has 0 fully saturated rings. The van der Waals surface area contributed by atoms with E-state index in [4.69, 9.17) is 0 Å². The van der Waals surface area contributed by atoms with Gasteiger partial charge in [0.15, 0.2) is 5.78 Å². The third-order valence-electron chi connectivity index (χ3n) is 5.09. The van der Waals surface area contributed by atoms with Crippen molar-refractivity contribution in [2.45, 2.75) is 25.6 Å². The lowest BCUT2D eigenvalue weighted by molar-refractivity contribution is -0.139. The summed E-state index contributed by atoms with van der Waals surface area (Å²) in [5.74, 6) is -2.29. The number of Topliss-reactive ketones (excluding diaryl/α,β-unsaturated/α-hetero) is 1. The molecule has 1 amide bonds. The van der Waals surface area contributed by atoms with E-state index in [1.165, 1.54) is 28.2 Å². The molecule has 10 heteroatoms. The van der Waals surface area contributed by atoms with E-state index in [0.29, 0.717) is 23.3 Å². The van der Waals surface area contributed by atoms with Crippen LogP contribution >= 0.6 is 0 Å². The number of anilines is 1. The third kappa shape index (κ3) is 3.80. The SMILES string of the molecule is C[C@H]1CN(c2ccc(C(F)(F)F)c(F)c2)C(=O)c2c(CC(=O)c3cccnc3)cnn21. The average molecular weight is 432 g/mol. The Balaban J connectivity index is 1.66. The Labute approximate surface area is 174 Å². The number of carbonyl (C=O) groups is 2. The second-order valence-corrected chi connectivity index (χ2v) is 7.23. The van der Waals surface area contributed by atoms with Crippen molar-refractivity contribution in [1.29, 1.82) is 0 Å². The van der Waals surface area contributed by atoms with E-state index in [2.05, 4.69) is 10.1 Å². The van der Waals surface area contributed by atoms with Crippen LogP contribution in [0.1, 0.15) is 44.9 Å². The van der Waals surface area contributed by atoms with Gasteiger partial charge in [-0.15, -0.1) is 0 Å². The van der Waals surface area contributed by atoms with Gasteiger partial charge in [0.1, 0.15) is 11.5 Å². The number of carbonyl (C=O) groups excluding carboxylic acids is 2. The molecule has 160 valence electrons. The van der Waals surface area contributed by atoms with Crippen LogP contribution in [0.25, 0.3) is 0 Å². The van der Waals surface area contributed by atoms with Gasteiger partial charge in [0.2, 0.25) is 0 Å². The van der Waals surface area contributed by atoms with Crippen LogP contribution in [0.2, 0.25) is 0 Å². The van der Waals surface area contributed by atoms with Crippen LogP contribution in [-0.4, -0.2) is 33.0 Å². The van der Waals surface area contributed by atoms with Gasteiger partial charge in [0.25, 0.3) is 5.91 Å². The quantitative estimate of drug-likeness (QED) is 0.460. The number of pyridine rings is 1. The largest absolute Gasteiger partial charge is 0.419 e. The Hall–Kier alpha value is -3.56. The number of aromatic nitrogens is 3. The van der Waals surface area contributed by atoms with E-state index < -0.39 is 23.5 Å². The Bertz CT molecular complexity index is 1160. The molecule has 0 spiro atoms. The van der Waals surface area contributed by atoms with Crippen LogP contribution in [0, 0.1) is 5.82 Å². The first-order valence-corrected chi connectivity index (χ1v) is 9.35. The lowest BCUT2D eigenvalue weighted by Gasteiger charge is -2.32. The molecule has 6 nitrogen and oxygen atoms in total. The maximum atomic E-state index is 14.1. The molecule has 2 aromatic heterocycles. The van der Waals surface area contributed by atoms with E-state index in [-0.39, 0.29) is 36.2 Å². The fraction of sp³-hybridized carbons (Fsp3) is 0.238. The van der Waals surface area contributed by atoms with E-state index in [1.807, 2.05) is 0 Å². The van der Waals surface area contributed by atoms with Gasteiger partial charge in [-0.3, -0.25) is 19.3 Å². The van der Waals surface area contributed by atoms with Crippen LogP contribution in [-0.2, 0) is 12.6 Å². The summed E-state index contributed by atoms with van der Waals surface area (Å²) in [6.45, 7) is 1.86. The molecule has 31 heavy (non-hydrogen) atoms. The number of fused-ring (bicyclic) bond motifs is 1. The van der Waals surface area contributed by atoms with Gasteiger partial charge in [-0.25, -0.2) is 4.39 Å². The van der Waals surface area contributed by atoms with Crippen LogP contribution in [0.3, 0.4) is 0 Å². The minimum absolute atomic E-state index is 0.000615. The Morgan fingerprint density at radius 3 is 2.65 bits per heavy atom. The lowest BCUT2D eigenvalue weighted by Crippen LogP contribution is -2.43. The molecule has 0 saturated heterocycles. The van der Waals surface area contributed by atoms with Crippen molar-refractivity contribution in [2.24, 2.45) is 0 Å². The number of ketones is 1. The van der Waals surface area contributed by atoms with Crippen molar-refractivity contribution >= 4 is 17.4 Å². The van der Waals surface area contributed by atoms with Crippen LogP contribution in [0.15, 0.2) is 48.9 Å². The van der Waals surface area contributed by atoms with Gasteiger partial charge in [-0.2, -0.15) is 18.3 Å². The Kier molecular flexibility index (Phi) is 5.08. The molecule has 0 radical (unpaired) electrons. The number of benzene rings is 1. The predicted molar refractivity (Wildman–Crippen MR) is 102 cm³/mol. The molecule has 1 aromatic carbocycles. The molecule has 0 N–H and O–H groups in total. The first kappa shape index (κ1) is 20.7. The van der Waals surface area contributed by atoms with Crippen molar-refractivity contribution in [2.75, 3.05) is 11.4 Å². The smallest absolute Gasteiger partial charge is 0.305 e. The summed E-state index contributed by atoms with van der Waals surface area (Å²) in [7, 11) is 0. The fourth-order valence-electron chi connectivity index (χ4n) is 3.58. The van der Waals surface area contributed by atoms with Crippen LogP contribution < -0.4 is 4.90 Å². The second kappa shape index (κ2) is 7.60. The van der Waals surface area contributed by atoms with E-state index in [9.17, 15) is 27.2 Å². The lowest BCUT2D eigenvalue weighted by atomic mass is 10.0. The molecule has 4 rings (SSSR count). The van der Waals surface area contributed by atoms with E-state index in [1.54, 1.807) is 19.1 Å². The zero-order chi connectivity index (χ0) is 22.3. The number of alkyl halides is 3. The monoisotopic (exact) mass is 432 g/mol. The molecule has 1 aliphatic rings. The van der Waals surface area contributed by atoms with Gasteiger partial charge in [0.05, 0.1) is 17.8 Å². The third-order valence-corrected chi connectivity index (χ3v) is 5.09. The predicted octanol–water partition coefficient (Wildman–Crippen LogP) is 4.08. The molecular weight excluding hydrogens is 416 g/mol. The van der Waals surface area contributed by atoms with Gasteiger partial charge in [-0.05, 0) is 37.3 Å². The average Bonchev–Trinajstić information content (AvgIpc) is 3.15. The first-order chi connectivity index (χ1) is 14.7. The summed E-state index contributed by atoms with van der Waals surface area (Å²) >= 11 is 0. The minimum Gasteiger partial charge on any atom is -0.305 e.